The van der Waals surface area contributed by atoms with Crippen LogP contribution in [0.5, 0.6) is 28.7 Å². The molecule has 2 aliphatic carbocycles. The number of carbonyl (C=O) groups is 2. The second-order valence-electron chi connectivity index (χ2n) is 16.0. The van der Waals surface area contributed by atoms with E-state index in [0.29, 0.717) is 65.9 Å². The number of oxime groups is 1. The van der Waals surface area contributed by atoms with Gasteiger partial charge in [-0.3, -0.25) is 9.69 Å². The molecule has 2 N–H and O–H groups in total. The first-order chi connectivity index (χ1) is 30.4. The molecule has 62 heavy (non-hydrogen) atoms. The van der Waals surface area contributed by atoms with E-state index in [1.807, 2.05) is 43.3 Å². The van der Waals surface area contributed by atoms with E-state index in [-0.39, 0.29) is 63.9 Å². The molecule has 3 aromatic rings. The molecule has 2 heterocycles. The first-order valence-corrected chi connectivity index (χ1v) is 21.7. The highest BCUT2D eigenvalue weighted by atomic mass is 16.7. The standard InChI is InChI=1S/C49H58N2O11/c1-4-7-24-56-48(55)51(30-33-17-19-43-44(26-33)58-32-57-43)45-29-41(50-60-6-3)39-27-35(14-8-10-21-52)38(16-9-11-22-53)46-40-28-37(61-36-15-12-13-34(25-36)31-54)18-20-42(40)62-49(45,47(39)46)59-23-5-2/h4-5,12-13,15,17-20,25-28,31,35,38,45-47,52-53H,1-2,6-11,14,16,21-24,29-30,32H2,3H3/t35-,38+,45-,46+,47+,49+/m0/s1. The molecule has 0 unspecified atom stereocenters. The lowest BCUT2D eigenvalue weighted by Crippen LogP contribution is -2.70. The number of nitrogens with zero attached hydrogens (tertiary/aromatic N) is 2. The minimum atomic E-state index is -1.50. The zero-order valence-electron chi connectivity index (χ0n) is 35.5. The Balaban J connectivity index is 1.44. The molecule has 0 radical (unpaired) electrons. The number of hydrogen-bond acceptors (Lipinski definition) is 12. The lowest BCUT2D eigenvalue weighted by Gasteiger charge is -2.59. The molecule has 4 aliphatic rings. The third-order valence-corrected chi connectivity index (χ3v) is 12.1. The summed E-state index contributed by atoms with van der Waals surface area (Å²) in [5.41, 5.74) is 3.75. The van der Waals surface area contributed by atoms with Crippen LogP contribution in [0.3, 0.4) is 0 Å². The molecule has 1 fully saturated rings. The van der Waals surface area contributed by atoms with Gasteiger partial charge in [0.1, 0.15) is 36.2 Å². The van der Waals surface area contributed by atoms with Gasteiger partial charge in [0, 0.05) is 43.2 Å². The molecule has 330 valence electrons. The predicted molar refractivity (Wildman–Crippen MR) is 233 cm³/mol. The molecule has 1 saturated carbocycles. The van der Waals surface area contributed by atoms with E-state index in [9.17, 15) is 19.8 Å². The van der Waals surface area contributed by atoms with Crippen LogP contribution in [0.15, 0.2) is 103 Å². The highest BCUT2D eigenvalue weighted by molar-refractivity contribution is 6.03. The molecule has 13 heteroatoms. The van der Waals surface area contributed by atoms with Crippen LogP contribution in [0, 0.1) is 17.8 Å². The summed E-state index contributed by atoms with van der Waals surface area (Å²) in [7, 11) is 0. The van der Waals surface area contributed by atoms with Gasteiger partial charge >= 0.3 is 6.09 Å². The lowest BCUT2D eigenvalue weighted by atomic mass is 9.55. The number of allylic oxidation sites excluding steroid dienone is 1. The van der Waals surface area contributed by atoms with E-state index < -0.39 is 23.8 Å². The highest BCUT2D eigenvalue weighted by Crippen LogP contribution is 2.62. The van der Waals surface area contributed by atoms with Crippen molar-refractivity contribution in [3.63, 3.8) is 0 Å². The maximum atomic E-state index is 14.7. The number of fused-ring (bicyclic) bond motifs is 3. The van der Waals surface area contributed by atoms with Crippen molar-refractivity contribution < 1.29 is 53.1 Å². The number of unbranched alkanes of at least 4 members (excludes halogenated alkanes) is 2. The Morgan fingerprint density at radius 1 is 0.952 bits per heavy atom. The van der Waals surface area contributed by atoms with Crippen molar-refractivity contribution in [3.05, 3.63) is 114 Å². The fourth-order valence-corrected chi connectivity index (χ4v) is 9.49. The topological polar surface area (TPSA) is 155 Å². The third-order valence-electron chi connectivity index (χ3n) is 12.1. The SMILES string of the molecule is C=CCCOC(=O)N(Cc1ccc2c(c1)OCO2)[C@H]1CC(=NOCC)C2=C[C@H](CCCCO)[C@@H](CCCCO)[C@@H]3c4cc(Oc5cccc(C=O)c5)ccc4O[C@@]1(OCC=C)[C@H]23. The smallest absolute Gasteiger partial charge is 0.410 e. The Kier molecular flexibility index (Phi) is 15.0. The first-order valence-electron chi connectivity index (χ1n) is 21.7. The third kappa shape index (κ3) is 9.55. The maximum Gasteiger partial charge on any atom is 0.410 e. The van der Waals surface area contributed by atoms with Crippen LogP contribution in [0.1, 0.15) is 85.7 Å². The second kappa shape index (κ2) is 21.0. The molecule has 13 nitrogen and oxygen atoms in total. The van der Waals surface area contributed by atoms with Gasteiger partial charge in [0.15, 0.2) is 11.5 Å². The number of hydrogen-bond donors (Lipinski definition) is 2. The second-order valence-corrected chi connectivity index (χ2v) is 16.0. The molecule has 3 aromatic carbocycles. The predicted octanol–water partition coefficient (Wildman–Crippen LogP) is 8.89. The van der Waals surface area contributed by atoms with Crippen molar-refractivity contribution in [3.8, 4) is 28.7 Å². The van der Waals surface area contributed by atoms with E-state index >= 15 is 0 Å². The van der Waals surface area contributed by atoms with Crippen molar-refractivity contribution in [1.29, 1.82) is 0 Å². The number of carbonyl (C=O) groups excluding carboxylic acids is 2. The van der Waals surface area contributed by atoms with Gasteiger partial charge in [0.05, 0.1) is 24.8 Å². The van der Waals surface area contributed by atoms with Gasteiger partial charge in [-0.2, -0.15) is 0 Å². The molecular weight excluding hydrogens is 793 g/mol. The zero-order chi connectivity index (χ0) is 43.5. The van der Waals surface area contributed by atoms with Gasteiger partial charge in [0.2, 0.25) is 12.6 Å². The minimum absolute atomic E-state index is 0.00550. The molecule has 0 spiro atoms. The molecule has 1 amide bonds. The van der Waals surface area contributed by atoms with Crippen LogP contribution in [0.2, 0.25) is 0 Å². The van der Waals surface area contributed by atoms with Gasteiger partial charge in [0.25, 0.3) is 0 Å². The average molecular weight is 851 g/mol. The number of aldehydes is 1. The first kappa shape index (κ1) is 44.4. The minimum Gasteiger partial charge on any atom is -0.459 e. The summed E-state index contributed by atoms with van der Waals surface area (Å²) in [5.74, 6) is 0.596. The summed E-state index contributed by atoms with van der Waals surface area (Å²) in [6.45, 7) is 10.6. The fourth-order valence-electron chi connectivity index (χ4n) is 9.49. The zero-order valence-corrected chi connectivity index (χ0v) is 35.5. The average Bonchev–Trinajstić information content (AvgIpc) is 3.76. The maximum absolute atomic E-state index is 14.7. The van der Waals surface area contributed by atoms with Crippen LogP contribution in [0.25, 0.3) is 0 Å². The van der Waals surface area contributed by atoms with Crippen LogP contribution in [0.4, 0.5) is 4.79 Å². The van der Waals surface area contributed by atoms with Gasteiger partial charge in [-0.15, -0.1) is 13.2 Å². The Morgan fingerprint density at radius 2 is 1.74 bits per heavy atom. The van der Waals surface area contributed by atoms with E-state index in [1.54, 1.807) is 41.3 Å². The number of rotatable bonds is 22. The van der Waals surface area contributed by atoms with Crippen molar-refractivity contribution in [2.45, 2.75) is 82.6 Å². The van der Waals surface area contributed by atoms with E-state index in [4.69, 9.17) is 38.4 Å². The number of ether oxygens (including phenoxy) is 6. The molecule has 6 atom stereocenters. The van der Waals surface area contributed by atoms with Crippen LogP contribution in [-0.2, 0) is 20.9 Å². The summed E-state index contributed by atoms with van der Waals surface area (Å²) in [5, 5.41) is 24.6. The highest BCUT2D eigenvalue weighted by Gasteiger charge is 2.65. The van der Waals surface area contributed by atoms with Gasteiger partial charge in [-0.05, 0) is 104 Å². The van der Waals surface area contributed by atoms with Crippen molar-refractivity contribution in [2.24, 2.45) is 22.9 Å². The number of aliphatic hydroxyl groups is 2. The van der Waals surface area contributed by atoms with Crippen LogP contribution >= 0.6 is 0 Å². The number of aliphatic hydroxyl groups excluding tert-OH is 2. The van der Waals surface area contributed by atoms with Crippen molar-refractivity contribution in [2.75, 3.05) is 39.8 Å². The van der Waals surface area contributed by atoms with Crippen molar-refractivity contribution >= 4 is 18.1 Å². The number of benzene rings is 3. The summed E-state index contributed by atoms with van der Waals surface area (Å²) < 4.78 is 38.2. The Bertz CT molecular complexity index is 2120. The molecule has 7 rings (SSSR count). The van der Waals surface area contributed by atoms with E-state index in [0.717, 1.165) is 48.7 Å². The largest absolute Gasteiger partial charge is 0.459 e. The number of amides is 1. The lowest BCUT2D eigenvalue weighted by molar-refractivity contribution is -0.256. The quantitative estimate of drug-likeness (QED) is 0.0431. The summed E-state index contributed by atoms with van der Waals surface area (Å²) in [6, 6.07) is 17.5. The van der Waals surface area contributed by atoms with Gasteiger partial charge in [-0.25, -0.2) is 4.79 Å². The molecule has 0 aromatic heterocycles. The Labute approximate surface area is 363 Å². The molecular formula is C49H58N2O11. The monoisotopic (exact) mass is 850 g/mol. The normalized spacial score (nSPS) is 23.6. The summed E-state index contributed by atoms with van der Waals surface area (Å²) in [6.07, 6.45) is 11.0. The van der Waals surface area contributed by atoms with Crippen molar-refractivity contribution in [1.82, 2.24) is 4.90 Å². The van der Waals surface area contributed by atoms with Crippen LogP contribution in [-0.4, -0.2) is 84.9 Å². The fraction of sp³-hybridized carbons (Fsp3) is 0.449. The molecule has 0 bridgehead atoms. The van der Waals surface area contributed by atoms with E-state index in [1.165, 1.54) is 0 Å². The van der Waals surface area contributed by atoms with Gasteiger partial charge in [-0.1, -0.05) is 54.4 Å². The van der Waals surface area contributed by atoms with Gasteiger partial charge < -0.3 is 43.5 Å². The summed E-state index contributed by atoms with van der Waals surface area (Å²) >= 11 is 0. The van der Waals surface area contributed by atoms with E-state index in [2.05, 4.69) is 19.2 Å². The Morgan fingerprint density at radius 3 is 2.52 bits per heavy atom. The van der Waals surface area contributed by atoms with Crippen LogP contribution < -0.4 is 18.9 Å². The Hall–Kier alpha value is -5.63. The molecule has 2 aliphatic heterocycles. The summed E-state index contributed by atoms with van der Waals surface area (Å²) in [4.78, 5) is 33.9. The molecule has 0 saturated heterocycles.